The largest absolute Gasteiger partial charge is 0.292 e. The van der Waals surface area contributed by atoms with Gasteiger partial charge in [-0.3, -0.25) is 4.57 Å². The summed E-state index contributed by atoms with van der Waals surface area (Å²) in [5, 5.41) is 0. The lowest BCUT2D eigenvalue weighted by Crippen LogP contribution is -2.02. The SMILES string of the molecule is [2H]C([2H])([2H])c1cccc(C([2H])([2H])[2H])c1-n1c(-c2cccc(-c3ccc(F)cc3)c2)nc2ccccc21. The Bertz CT molecular complexity index is 1530. The van der Waals surface area contributed by atoms with Crippen LogP contribution in [0.3, 0.4) is 0 Å². The van der Waals surface area contributed by atoms with Crippen molar-refractivity contribution >= 4 is 11.0 Å². The van der Waals surface area contributed by atoms with Gasteiger partial charge in [-0.05, 0) is 66.3 Å². The molecule has 3 heteroatoms. The zero-order valence-electron chi connectivity index (χ0n) is 21.9. The summed E-state index contributed by atoms with van der Waals surface area (Å²) in [4.78, 5) is 4.79. The summed E-state index contributed by atoms with van der Waals surface area (Å²) in [6.45, 7) is -5.12. The molecule has 5 rings (SSSR count). The number of hydrogen-bond acceptors (Lipinski definition) is 1. The van der Waals surface area contributed by atoms with E-state index in [0.29, 0.717) is 22.4 Å². The zero-order valence-corrected chi connectivity index (χ0v) is 15.9. The van der Waals surface area contributed by atoms with E-state index in [1.54, 1.807) is 34.9 Å². The van der Waals surface area contributed by atoms with Gasteiger partial charge >= 0.3 is 0 Å². The van der Waals surface area contributed by atoms with Crippen LogP contribution in [0.1, 0.15) is 19.4 Å². The Morgan fingerprint density at radius 1 is 0.733 bits per heavy atom. The molecule has 0 unspecified atom stereocenters. The van der Waals surface area contributed by atoms with E-state index in [9.17, 15) is 4.39 Å². The van der Waals surface area contributed by atoms with Crippen molar-refractivity contribution < 1.29 is 12.6 Å². The quantitative estimate of drug-likeness (QED) is 0.316. The van der Waals surface area contributed by atoms with Crippen molar-refractivity contribution in [2.75, 3.05) is 0 Å². The summed E-state index contributed by atoms with van der Waals surface area (Å²) in [6, 6.07) is 25.1. The van der Waals surface area contributed by atoms with E-state index in [1.807, 2.05) is 30.3 Å². The highest BCUT2D eigenvalue weighted by Crippen LogP contribution is 2.33. The summed E-state index contributed by atoms with van der Waals surface area (Å²) in [5.41, 5.74) is 3.38. The summed E-state index contributed by atoms with van der Waals surface area (Å²) < 4.78 is 64.0. The second-order valence-electron chi connectivity index (χ2n) is 7.05. The highest BCUT2D eigenvalue weighted by molar-refractivity contribution is 5.85. The highest BCUT2D eigenvalue weighted by Gasteiger charge is 2.17. The van der Waals surface area contributed by atoms with E-state index >= 15 is 0 Å². The van der Waals surface area contributed by atoms with Gasteiger partial charge < -0.3 is 0 Å². The molecule has 4 aromatic carbocycles. The lowest BCUT2D eigenvalue weighted by molar-refractivity contribution is 0.628. The lowest BCUT2D eigenvalue weighted by atomic mass is 10.0. The molecule has 0 bridgehead atoms. The standard InChI is InChI=1S/C27H21FN2/c1-18-7-5-8-19(2)26(18)30-25-12-4-3-11-24(25)29-27(30)22-10-6-9-21(17-22)20-13-15-23(28)16-14-20/h3-17H,1-2H3/i1D3,2D3. The molecule has 0 spiro atoms. The molecule has 0 atom stereocenters. The number of aromatic nitrogens is 2. The first-order chi connectivity index (χ1) is 17.0. The van der Waals surface area contributed by atoms with Crippen LogP contribution >= 0.6 is 0 Å². The van der Waals surface area contributed by atoms with Crippen LogP contribution in [0.15, 0.2) is 91.0 Å². The summed E-state index contributed by atoms with van der Waals surface area (Å²) >= 11 is 0. The van der Waals surface area contributed by atoms with Gasteiger partial charge in [0.2, 0.25) is 0 Å². The number of imidazole rings is 1. The van der Waals surface area contributed by atoms with Gasteiger partial charge in [-0.1, -0.05) is 60.7 Å². The Hall–Kier alpha value is -3.72. The summed E-state index contributed by atoms with van der Waals surface area (Å²) in [5.74, 6) is 0.0672. The predicted molar refractivity (Wildman–Crippen MR) is 121 cm³/mol. The maximum absolute atomic E-state index is 13.5. The molecule has 2 nitrogen and oxygen atoms in total. The second kappa shape index (κ2) is 7.27. The first-order valence-electron chi connectivity index (χ1n) is 12.5. The van der Waals surface area contributed by atoms with Gasteiger partial charge in [0.15, 0.2) is 0 Å². The Kier molecular flexibility index (Phi) is 3.09. The Morgan fingerprint density at radius 2 is 1.43 bits per heavy atom. The summed E-state index contributed by atoms with van der Waals surface area (Å²) in [7, 11) is 0. The maximum atomic E-state index is 13.5. The van der Waals surface area contributed by atoms with Gasteiger partial charge in [0, 0.05) is 13.8 Å². The van der Waals surface area contributed by atoms with Crippen molar-refractivity contribution in [3.8, 4) is 28.2 Å². The number of rotatable bonds is 3. The number of halogens is 1. The molecule has 0 N–H and O–H groups in total. The first-order valence-corrected chi connectivity index (χ1v) is 9.52. The van der Waals surface area contributed by atoms with Crippen molar-refractivity contribution in [3.05, 3.63) is 108 Å². The molecule has 146 valence electrons. The molecule has 1 aromatic heterocycles. The van der Waals surface area contributed by atoms with Crippen molar-refractivity contribution in [2.45, 2.75) is 13.7 Å². The second-order valence-corrected chi connectivity index (χ2v) is 7.05. The van der Waals surface area contributed by atoms with E-state index < -0.39 is 13.7 Å². The predicted octanol–water partition coefficient (Wildman–Crippen LogP) is 7.12. The van der Waals surface area contributed by atoms with Crippen LogP contribution < -0.4 is 0 Å². The molecule has 5 aromatic rings. The molecule has 0 aliphatic rings. The van der Waals surface area contributed by atoms with Crippen LogP contribution in [-0.2, 0) is 0 Å². The third kappa shape index (κ3) is 3.09. The summed E-state index contributed by atoms with van der Waals surface area (Å²) in [6.07, 6.45) is 0. The highest BCUT2D eigenvalue weighted by atomic mass is 19.1. The van der Waals surface area contributed by atoms with Gasteiger partial charge in [-0.15, -0.1) is 0 Å². The third-order valence-corrected chi connectivity index (χ3v) is 5.12. The molecule has 30 heavy (non-hydrogen) atoms. The average molecular weight is 399 g/mol. The van der Waals surface area contributed by atoms with Gasteiger partial charge in [0.1, 0.15) is 11.6 Å². The van der Waals surface area contributed by atoms with Crippen molar-refractivity contribution in [3.63, 3.8) is 0 Å². The molecule has 0 fully saturated rings. The lowest BCUT2D eigenvalue weighted by Gasteiger charge is -2.15. The van der Waals surface area contributed by atoms with Gasteiger partial charge in [-0.2, -0.15) is 0 Å². The van der Waals surface area contributed by atoms with Gasteiger partial charge in [-0.25, -0.2) is 9.37 Å². The van der Waals surface area contributed by atoms with Crippen LogP contribution in [0.4, 0.5) is 4.39 Å². The van der Waals surface area contributed by atoms with Gasteiger partial charge in [0.25, 0.3) is 0 Å². The molecule has 0 aliphatic carbocycles. The fraction of sp³-hybridized carbons (Fsp3) is 0.0741. The molecular formula is C27H21FN2. The van der Waals surface area contributed by atoms with E-state index in [-0.39, 0.29) is 22.6 Å². The van der Waals surface area contributed by atoms with Crippen molar-refractivity contribution in [2.24, 2.45) is 0 Å². The molecule has 1 heterocycles. The Balaban J connectivity index is 1.84. The monoisotopic (exact) mass is 398 g/mol. The molecule has 0 amide bonds. The smallest absolute Gasteiger partial charge is 0.145 e. The average Bonchev–Trinajstić information content (AvgIpc) is 3.22. The van der Waals surface area contributed by atoms with Crippen LogP contribution in [0.2, 0.25) is 0 Å². The Labute approximate surface area is 183 Å². The topological polar surface area (TPSA) is 17.8 Å². The van der Waals surface area contributed by atoms with E-state index in [1.165, 1.54) is 30.3 Å². The molecule has 0 saturated heterocycles. The number of fused-ring (bicyclic) bond motifs is 1. The van der Waals surface area contributed by atoms with Crippen LogP contribution in [0.5, 0.6) is 0 Å². The number of benzene rings is 4. The zero-order chi connectivity index (χ0) is 25.7. The van der Waals surface area contributed by atoms with Crippen LogP contribution in [0.25, 0.3) is 39.2 Å². The van der Waals surface area contributed by atoms with E-state index in [2.05, 4.69) is 0 Å². The third-order valence-electron chi connectivity index (χ3n) is 5.12. The number of hydrogen-bond donors (Lipinski definition) is 0. The van der Waals surface area contributed by atoms with Crippen molar-refractivity contribution in [1.82, 2.24) is 9.55 Å². The first kappa shape index (κ1) is 12.8. The van der Waals surface area contributed by atoms with Crippen LogP contribution in [-0.4, -0.2) is 9.55 Å². The minimum atomic E-state index is -2.56. The maximum Gasteiger partial charge on any atom is 0.145 e. The van der Waals surface area contributed by atoms with E-state index in [4.69, 9.17) is 13.2 Å². The number of aryl methyl sites for hydroxylation is 2. The molecule has 0 saturated carbocycles. The fourth-order valence-corrected chi connectivity index (χ4v) is 3.71. The Morgan fingerprint density at radius 3 is 2.20 bits per heavy atom. The number of nitrogens with zero attached hydrogens (tertiary/aromatic N) is 2. The fourth-order valence-electron chi connectivity index (χ4n) is 3.71. The molecular weight excluding hydrogens is 371 g/mol. The molecule has 0 radical (unpaired) electrons. The number of para-hydroxylation sites is 3. The van der Waals surface area contributed by atoms with Gasteiger partial charge in [0.05, 0.1) is 16.7 Å². The molecule has 0 aliphatic heterocycles. The minimum Gasteiger partial charge on any atom is -0.292 e. The van der Waals surface area contributed by atoms with E-state index in [0.717, 1.165) is 11.1 Å². The van der Waals surface area contributed by atoms with Crippen molar-refractivity contribution in [1.29, 1.82) is 0 Å². The minimum absolute atomic E-state index is 0.0739. The van der Waals surface area contributed by atoms with Crippen LogP contribution in [0, 0.1) is 19.5 Å². The normalized spacial score (nSPS) is 15.0.